The molecule has 10 nitrogen and oxygen atoms in total. The number of carbonyl (C=O) groups excluding carboxylic acids is 2. The first-order valence-electron chi connectivity index (χ1n) is 9.65. The third kappa shape index (κ3) is 6.13. The van der Waals surface area contributed by atoms with Gasteiger partial charge in [-0.05, 0) is 55.5 Å². The number of aryl methyl sites for hydroxylation is 1. The van der Waals surface area contributed by atoms with Crippen LogP contribution in [0.3, 0.4) is 0 Å². The molecular formula is C22H18FN3O7S. The van der Waals surface area contributed by atoms with E-state index in [9.17, 15) is 32.5 Å². The number of nitrogens with one attached hydrogen (secondary N) is 2. The van der Waals surface area contributed by atoms with Crippen molar-refractivity contribution in [1.29, 1.82) is 0 Å². The van der Waals surface area contributed by atoms with E-state index in [1.807, 2.05) is 6.92 Å². The number of ether oxygens (including phenoxy) is 1. The molecule has 0 atom stereocenters. The molecule has 0 aliphatic carbocycles. The van der Waals surface area contributed by atoms with Crippen molar-refractivity contribution in [2.24, 2.45) is 0 Å². The maximum absolute atomic E-state index is 13.2. The molecule has 0 fully saturated rings. The molecule has 12 heteroatoms. The van der Waals surface area contributed by atoms with Crippen LogP contribution in [0.4, 0.5) is 21.5 Å². The molecule has 3 rings (SSSR count). The minimum atomic E-state index is -3.89. The summed E-state index contributed by atoms with van der Waals surface area (Å²) < 4.78 is 45.5. The molecule has 0 unspecified atom stereocenters. The summed E-state index contributed by atoms with van der Waals surface area (Å²) in [6.07, 6.45) is 0. The van der Waals surface area contributed by atoms with Gasteiger partial charge in [0, 0.05) is 5.69 Å². The van der Waals surface area contributed by atoms with E-state index >= 15 is 0 Å². The number of benzene rings is 3. The summed E-state index contributed by atoms with van der Waals surface area (Å²) in [6, 6.07) is 14.2. The number of amides is 1. The summed E-state index contributed by atoms with van der Waals surface area (Å²) in [5.41, 5.74) is 0.408. The first-order chi connectivity index (χ1) is 16.0. The number of hydrogen-bond acceptors (Lipinski definition) is 7. The van der Waals surface area contributed by atoms with Crippen molar-refractivity contribution < 1.29 is 32.1 Å². The molecule has 0 spiro atoms. The molecule has 0 aliphatic heterocycles. The molecule has 0 saturated carbocycles. The molecule has 3 aromatic carbocycles. The molecule has 1 amide bonds. The average molecular weight is 487 g/mol. The monoisotopic (exact) mass is 487 g/mol. The lowest BCUT2D eigenvalue weighted by molar-refractivity contribution is -0.384. The Morgan fingerprint density at radius 3 is 2.29 bits per heavy atom. The van der Waals surface area contributed by atoms with Crippen molar-refractivity contribution in [3.8, 4) is 0 Å². The number of esters is 1. The lowest BCUT2D eigenvalue weighted by Gasteiger charge is -2.09. The van der Waals surface area contributed by atoms with Crippen LogP contribution in [0.1, 0.15) is 15.9 Å². The molecule has 3 aromatic rings. The second-order valence-corrected chi connectivity index (χ2v) is 8.72. The van der Waals surface area contributed by atoms with Crippen LogP contribution in [0.15, 0.2) is 71.6 Å². The van der Waals surface area contributed by atoms with Gasteiger partial charge in [0.25, 0.3) is 21.6 Å². The van der Waals surface area contributed by atoms with Gasteiger partial charge in [-0.3, -0.25) is 19.6 Å². The van der Waals surface area contributed by atoms with E-state index in [0.717, 1.165) is 17.7 Å². The molecular weight excluding hydrogens is 469 g/mol. The summed E-state index contributed by atoms with van der Waals surface area (Å²) in [6.45, 7) is 1.09. The number of nitro benzene ring substituents is 1. The molecule has 0 aliphatic rings. The maximum Gasteiger partial charge on any atom is 0.338 e. The third-order valence-electron chi connectivity index (χ3n) is 4.47. The van der Waals surface area contributed by atoms with E-state index < -0.39 is 44.9 Å². The van der Waals surface area contributed by atoms with Crippen LogP contribution < -0.4 is 10.0 Å². The molecule has 0 heterocycles. The number of nitrogens with zero attached hydrogens (tertiary/aromatic N) is 1. The Morgan fingerprint density at radius 1 is 1.03 bits per heavy atom. The van der Waals surface area contributed by atoms with Crippen molar-refractivity contribution in [3.63, 3.8) is 0 Å². The van der Waals surface area contributed by atoms with Crippen molar-refractivity contribution in [1.82, 2.24) is 0 Å². The summed E-state index contributed by atoms with van der Waals surface area (Å²) >= 11 is 0. The third-order valence-corrected chi connectivity index (χ3v) is 5.87. The summed E-state index contributed by atoms with van der Waals surface area (Å²) in [5, 5.41) is 13.1. The summed E-state index contributed by atoms with van der Waals surface area (Å²) in [5.74, 6) is -2.65. The zero-order valence-electron chi connectivity index (χ0n) is 17.6. The average Bonchev–Trinajstić information content (AvgIpc) is 2.80. The first kappa shape index (κ1) is 24.3. The smallest absolute Gasteiger partial charge is 0.338 e. The van der Waals surface area contributed by atoms with Crippen molar-refractivity contribution in [2.45, 2.75) is 11.8 Å². The summed E-state index contributed by atoms with van der Waals surface area (Å²) in [7, 11) is -3.89. The number of halogens is 1. The van der Waals surface area contributed by atoms with Gasteiger partial charge in [0.15, 0.2) is 6.61 Å². The molecule has 34 heavy (non-hydrogen) atoms. The van der Waals surface area contributed by atoms with E-state index in [1.54, 1.807) is 24.3 Å². The van der Waals surface area contributed by atoms with Gasteiger partial charge in [-0.2, -0.15) is 0 Å². The van der Waals surface area contributed by atoms with E-state index in [1.165, 1.54) is 24.3 Å². The second kappa shape index (κ2) is 10.1. The van der Waals surface area contributed by atoms with Gasteiger partial charge in [0.1, 0.15) is 11.5 Å². The van der Waals surface area contributed by atoms with Crippen LogP contribution in [-0.2, 0) is 19.6 Å². The van der Waals surface area contributed by atoms with Gasteiger partial charge < -0.3 is 10.1 Å². The highest BCUT2D eigenvalue weighted by Crippen LogP contribution is 2.25. The van der Waals surface area contributed by atoms with E-state index in [0.29, 0.717) is 11.8 Å². The predicted molar refractivity (Wildman–Crippen MR) is 120 cm³/mol. The fraction of sp³-hybridized carbons (Fsp3) is 0.0909. The topological polar surface area (TPSA) is 145 Å². The van der Waals surface area contributed by atoms with Gasteiger partial charge in [-0.15, -0.1) is 0 Å². The van der Waals surface area contributed by atoms with Crippen LogP contribution in [0.25, 0.3) is 0 Å². The number of nitro groups is 1. The lowest BCUT2D eigenvalue weighted by Crippen LogP contribution is -2.21. The predicted octanol–water partition coefficient (Wildman–Crippen LogP) is 3.64. The number of carbonyl (C=O) groups is 2. The van der Waals surface area contributed by atoms with E-state index in [2.05, 4.69) is 10.0 Å². The van der Waals surface area contributed by atoms with Crippen LogP contribution in [0.5, 0.6) is 0 Å². The normalized spacial score (nSPS) is 10.9. The molecule has 0 aromatic heterocycles. The minimum absolute atomic E-state index is 0.0187. The number of hydrogen-bond donors (Lipinski definition) is 2. The zero-order valence-corrected chi connectivity index (χ0v) is 18.5. The Hall–Kier alpha value is -4.32. The SMILES string of the molecule is Cc1ccc(NS(=O)(=O)c2ccc(C(=O)OCC(=O)Nc3ccc(F)cc3[N+](=O)[O-])cc2)cc1. The Morgan fingerprint density at radius 2 is 1.68 bits per heavy atom. The quantitative estimate of drug-likeness (QED) is 0.280. The van der Waals surface area contributed by atoms with Gasteiger partial charge >= 0.3 is 5.97 Å². The molecule has 0 bridgehead atoms. The largest absolute Gasteiger partial charge is 0.452 e. The van der Waals surface area contributed by atoms with Gasteiger partial charge in [0.05, 0.1) is 21.4 Å². The van der Waals surface area contributed by atoms with Crippen molar-refractivity contribution in [3.05, 3.63) is 93.8 Å². The first-order valence-corrected chi connectivity index (χ1v) is 11.1. The Balaban J connectivity index is 1.60. The number of anilines is 2. The fourth-order valence-electron chi connectivity index (χ4n) is 2.77. The molecule has 2 N–H and O–H groups in total. The van der Waals surface area contributed by atoms with Crippen LogP contribution in [-0.4, -0.2) is 31.8 Å². The maximum atomic E-state index is 13.2. The number of sulfonamides is 1. The van der Waals surface area contributed by atoms with Crippen molar-refractivity contribution in [2.75, 3.05) is 16.6 Å². The highest BCUT2D eigenvalue weighted by molar-refractivity contribution is 7.92. The fourth-order valence-corrected chi connectivity index (χ4v) is 3.83. The Labute approximate surface area is 193 Å². The molecule has 0 radical (unpaired) electrons. The van der Waals surface area contributed by atoms with E-state index in [4.69, 9.17) is 4.74 Å². The van der Waals surface area contributed by atoms with Gasteiger partial charge in [0.2, 0.25) is 0 Å². The minimum Gasteiger partial charge on any atom is -0.452 e. The molecule has 176 valence electrons. The van der Waals surface area contributed by atoms with Crippen LogP contribution in [0, 0.1) is 22.9 Å². The van der Waals surface area contributed by atoms with E-state index in [-0.39, 0.29) is 16.1 Å². The van der Waals surface area contributed by atoms with Crippen LogP contribution in [0.2, 0.25) is 0 Å². The Bertz CT molecular complexity index is 1340. The molecule has 0 saturated heterocycles. The number of rotatable bonds is 8. The highest BCUT2D eigenvalue weighted by atomic mass is 32.2. The van der Waals surface area contributed by atoms with Gasteiger partial charge in [-0.25, -0.2) is 17.6 Å². The zero-order chi connectivity index (χ0) is 24.9. The van der Waals surface area contributed by atoms with Crippen molar-refractivity contribution >= 4 is 39.0 Å². The van der Waals surface area contributed by atoms with Crippen LogP contribution >= 0.6 is 0 Å². The highest BCUT2D eigenvalue weighted by Gasteiger charge is 2.19. The van der Waals surface area contributed by atoms with Gasteiger partial charge in [-0.1, -0.05) is 17.7 Å². The standard InChI is InChI=1S/C22H18FN3O7S/c1-14-2-7-17(8-3-14)25-34(31,32)18-9-4-15(5-10-18)22(28)33-13-21(27)24-19-11-6-16(23)12-20(19)26(29)30/h2-12,25H,13H2,1H3,(H,24,27). The second-order valence-electron chi connectivity index (χ2n) is 7.04. The lowest BCUT2D eigenvalue weighted by atomic mass is 10.2. The summed E-state index contributed by atoms with van der Waals surface area (Å²) in [4.78, 5) is 34.2. The Kier molecular flexibility index (Phi) is 7.21.